The monoisotopic (exact) mass is 579 g/mol. The van der Waals surface area contributed by atoms with Gasteiger partial charge in [0.25, 0.3) is 0 Å². The Morgan fingerprint density at radius 1 is 1.14 bits per heavy atom. The number of aromatic nitrogens is 2. The van der Waals surface area contributed by atoms with E-state index in [1.807, 2.05) is 47.7 Å². The molecule has 2 aromatic carbocycles. The lowest BCUT2D eigenvalue weighted by atomic mass is 9.80. The molecule has 42 heavy (non-hydrogen) atoms. The van der Waals surface area contributed by atoms with E-state index in [0.29, 0.717) is 29.1 Å². The summed E-state index contributed by atoms with van der Waals surface area (Å²) in [5, 5.41) is 27.6. The molecule has 1 aliphatic carbocycles. The van der Waals surface area contributed by atoms with Gasteiger partial charge in [0, 0.05) is 36.1 Å². The van der Waals surface area contributed by atoms with Gasteiger partial charge in [-0.25, -0.2) is 0 Å². The van der Waals surface area contributed by atoms with Gasteiger partial charge in [-0.3, -0.25) is 15.0 Å². The quantitative estimate of drug-likeness (QED) is 0.178. The van der Waals surface area contributed by atoms with Crippen LogP contribution >= 0.6 is 11.6 Å². The Morgan fingerprint density at radius 3 is 2.64 bits per heavy atom. The molecular formula is C33H34ClN7O. The number of nitrogens with zero attached hydrogens (tertiary/aromatic N) is 4. The molecule has 4 aromatic rings. The number of hydrogen-bond donors (Lipinski definition) is 4. The number of fused-ring (bicyclic) bond motifs is 1. The summed E-state index contributed by atoms with van der Waals surface area (Å²) in [5.74, 6) is -0.0584. The van der Waals surface area contributed by atoms with Crippen LogP contribution in [-0.2, 0) is 6.42 Å². The highest BCUT2D eigenvalue weighted by Crippen LogP contribution is 2.37. The topological polar surface area (TPSA) is 109 Å². The molecule has 0 amide bonds. The molecule has 2 aliphatic rings. The molecule has 4 N–H and O–H groups in total. The molecule has 1 fully saturated rings. The van der Waals surface area contributed by atoms with E-state index in [2.05, 4.69) is 63.5 Å². The lowest BCUT2D eigenvalue weighted by Crippen LogP contribution is -2.50. The van der Waals surface area contributed by atoms with Crippen molar-refractivity contribution in [2.75, 3.05) is 11.9 Å². The second-order valence-electron chi connectivity index (χ2n) is 11.2. The van der Waals surface area contributed by atoms with Crippen molar-refractivity contribution < 1.29 is 5.11 Å². The number of benzene rings is 2. The first-order valence-electron chi connectivity index (χ1n) is 14.4. The molecule has 214 valence electrons. The maximum atomic E-state index is 10.7. The molecular weight excluding hydrogens is 546 g/mol. The summed E-state index contributed by atoms with van der Waals surface area (Å²) in [6.45, 7) is 2.64. The van der Waals surface area contributed by atoms with Gasteiger partial charge in [0.05, 0.1) is 45.7 Å². The fourth-order valence-corrected chi connectivity index (χ4v) is 6.16. The zero-order valence-corrected chi connectivity index (χ0v) is 24.3. The van der Waals surface area contributed by atoms with Crippen LogP contribution in [-0.4, -0.2) is 32.2 Å². The Hall–Kier alpha value is -4.16. The highest BCUT2D eigenvalue weighted by Gasteiger charge is 2.37. The van der Waals surface area contributed by atoms with Crippen molar-refractivity contribution >= 4 is 28.2 Å². The molecule has 1 aliphatic heterocycles. The van der Waals surface area contributed by atoms with Crippen LogP contribution in [0.2, 0.25) is 5.02 Å². The van der Waals surface area contributed by atoms with Crippen LogP contribution in [0.15, 0.2) is 85.1 Å². The van der Waals surface area contributed by atoms with Crippen molar-refractivity contribution in [1.29, 1.82) is 5.26 Å². The number of hydrazine groups is 2. The third-order valence-electron chi connectivity index (χ3n) is 8.32. The van der Waals surface area contributed by atoms with E-state index in [1.165, 1.54) is 0 Å². The molecule has 0 spiro atoms. The van der Waals surface area contributed by atoms with Crippen LogP contribution in [0, 0.1) is 11.3 Å². The predicted octanol–water partition coefficient (Wildman–Crippen LogP) is 6.13. The molecule has 0 unspecified atom stereocenters. The molecule has 6 rings (SSSR count). The first kappa shape index (κ1) is 28.0. The van der Waals surface area contributed by atoms with Gasteiger partial charge >= 0.3 is 0 Å². The SMILES string of the molecule is CC[C@@H](Nc1c(C#N)cnc2c(Cl)cc(C[C@H](C3=CN(CC4(O)CCC4)NN3)c3cccnc3)cc12)c1ccccc1. The zero-order valence-electron chi connectivity index (χ0n) is 23.5. The van der Waals surface area contributed by atoms with Gasteiger partial charge in [0.2, 0.25) is 0 Å². The van der Waals surface area contributed by atoms with E-state index in [1.54, 1.807) is 12.4 Å². The molecule has 2 atom stereocenters. The van der Waals surface area contributed by atoms with Gasteiger partial charge in [-0.05, 0) is 67.0 Å². The highest BCUT2D eigenvalue weighted by atomic mass is 35.5. The minimum atomic E-state index is -0.652. The van der Waals surface area contributed by atoms with Crippen molar-refractivity contribution in [2.24, 2.45) is 0 Å². The number of aliphatic hydroxyl groups is 1. The molecule has 9 heteroatoms. The lowest BCUT2D eigenvalue weighted by Gasteiger charge is -2.39. The van der Waals surface area contributed by atoms with Crippen LogP contribution < -0.4 is 16.3 Å². The Bertz CT molecular complexity index is 1630. The number of rotatable bonds is 10. The first-order valence-corrected chi connectivity index (χ1v) is 14.8. The van der Waals surface area contributed by atoms with Crippen LogP contribution in [0.1, 0.15) is 66.8 Å². The molecule has 3 heterocycles. The van der Waals surface area contributed by atoms with E-state index in [9.17, 15) is 10.4 Å². The smallest absolute Gasteiger partial charge is 0.103 e. The number of anilines is 1. The molecule has 2 aromatic heterocycles. The number of halogens is 1. The fraction of sp³-hybridized carbons (Fsp3) is 0.303. The molecule has 8 nitrogen and oxygen atoms in total. The van der Waals surface area contributed by atoms with Gasteiger partial charge in [-0.15, -0.1) is 5.53 Å². The Labute approximate surface area is 251 Å². The van der Waals surface area contributed by atoms with Crippen molar-refractivity contribution in [3.05, 3.63) is 112 Å². The third kappa shape index (κ3) is 5.77. The summed E-state index contributed by atoms with van der Waals surface area (Å²) >= 11 is 6.86. The van der Waals surface area contributed by atoms with Gasteiger partial charge in [0.1, 0.15) is 6.07 Å². The number of nitriles is 1. The molecule has 0 radical (unpaired) electrons. The second-order valence-corrected chi connectivity index (χ2v) is 11.6. The van der Waals surface area contributed by atoms with Crippen molar-refractivity contribution in [2.45, 2.75) is 56.6 Å². The van der Waals surface area contributed by atoms with E-state index in [-0.39, 0.29) is 12.0 Å². The van der Waals surface area contributed by atoms with E-state index in [4.69, 9.17) is 11.6 Å². The summed E-state index contributed by atoms with van der Waals surface area (Å²) in [4.78, 5) is 8.95. The van der Waals surface area contributed by atoms with Crippen molar-refractivity contribution in [3.63, 3.8) is 0 Å². The van der Waals surface area contributed by atoms with E-state index < -0.39 is 5.60 Å². The zero-order chi connectivity index (χ0) is 29.1. The van der Waals surface area contributed by atoms with E-state index in [0.717, 1.165) is 59.1 Å². The predicted molar refractivity (Wildman–Crippen MR) is 165 cm³/mol. The number of nitrogens with one attached hydrogen (secondary N) is 3. The maximum absolute atomic E-state index is 10.7. The summed E-state index contributed by atoms with van der Waals surface area (Å²) in [6.07, 6.45) is 11.4. The van der Waals surface area contributed by atoms with Crippen LogP contribution in [0.3, 0.4) is 0 Å². The Morgan fingerprint density at radius 2 is 1.95 bits per heavy atom. The lowest BCUT2D eigenvalue weighted by molar-refractivity contribution is -0.0581. The maximum Gasteiger partial charge on any atom is 0.103 e. The highest BCUT2D eigenvalue weighted by molar-refractivity contribution is 6.35. The minimum Gasteiger partial charge on any atom is -0.388 e. The van der Waals surface area contributed by atoms with Gasteiger partial charge in [0.15, 0.2) is 0 Å². The number of hydrogen-bond acceptors (Lipinski definition) is 8. The molecule has 0 saturated heterocycles. The largest absolute Gasteiger partial charge is 0.388 e. The van der Waals surface area contributed by atoms with Gasteiger partial charge < -0.3 is 15.8 Å². The van der Waals surface area contributed by atoms with Crippen LogP contribution in [0.25, 0.3) is 10.9 Å². The number of β-amino-alcohol motifs (C(OH)–C–C–N with tert-alkyl or cyclic N) is 1. The Balaban J connectivity index is 1.37. The summed E-state index contributed by atoms with van der Waals surface area (Å²) in [6, 6.07) is 20.6. The van der Waals surface area contributed by atoms with Crippen LogP contribution in [0.5, 0.6) is 0 Å². The van der Waals surface area contributed by atoms with Gasteiger partial charge in [-0.1, -0.05) is 54.9 Å². The van der Waals surface area contributed by atoms with Crippen LogP contribution in [0.4, 0.5) is 5.69 Å². The number of pyridine rings is 2. The summed E-state index contributed by atoms with van der Waals surface area (Å²) in [5.41, 5.74) is 11.9. The van der Waals surface area contributed by atoms with Crippen molar-refractivity contribution in [1.82, 2.24) is 25.9 Å². The molecule has 0 bridgehead atoms. The second kappa shape index (κ2) is 12.0. The Kier molecular flexibility index (Phi) is 7.98. The average molecular weight is 580 g/mol. The normalized spacial score (nSPS) is 17.1. The summed E-state index contributed by atoms with van der Waals surface area (Å²) in [7, 11) is 0. The third-order valence-corrected chi connectivity index (χ3v) is 8.61. The molecule has 1 saturated carbocycles. The number of allylic oxidation sites excluding steroid dienone is 1. The standard InChI is InChI=1S/C33H34ClN7O/c1-2-29(23-8-4-3-5-9-23)38-31-25(17-35)19-37-32-27(31)15-22(16-28(32)34)14-26(24-10-6-13-36-18-24)30-20-41(40-39-30)21-33(42)11-7-12-33/h3-6,8-10,13,15-16,18-20,26,29,39-40,42H,2,7,11-12,14,21H2,1H3,(H,37,38)/t26-,29+/m0/s1. The minimum absolute atomic E-state index is 0.0184. The van der Waals surface area contributed by atoms with E-state index >= 15 is 0 Å². The fourth-order valence-electron chi connectivity index (χ4n) is 5.87. The summed E-state index contributed by atoms with van der Waals surface area (Å²) < 4.78 is 0. The first-order chi connectivity index (χ1) is 20.5. The van der Waals surface area contributed by atoms with Crippen molar-refractivity contribution in [3.8, 4) is 6.07 Å². The van der Waals surface area contributed by atoms with Gasteiger partial charge in [-0.2, -0.15) is 5.26 Å². The average Bonchev–Trinajstić information content (AvgIpc) is 3.46.